The lowest BCUT2D eigenvalue weighted by Gasteiger charge is -2.12. The number of hydrogen-bond acceptors (Lipinski definition) is 4. The van der Waals surface area contributed by atoms with Gasteiger partial charge in [0, 0.05) is 96.5 Å². The summed E-state index contributed by atoms with van der Waals surface area (Å²) < 4.78 is 27.4. The predicted octanol–water partition coefficient (Wildman–Crippen LogP) is 24.3. The molecule has 0 N–H and O–H groups in total. The number of benzene rings is 14. The van der Waals surface area contributed by atoms with Crippen molar-refractivity contribution >= 4 is 141 Å². The molecule has 20 aromatic rings. The van der Waals surface area contributed by atoms with Crippen LogP contribution in [0.25, 0.3) is 197 Å². The Hall–Kier alpha value is -11.7. The lowest BCUT2D eigenvalue weighted by atomic mass is 9.95. The van der Waals surface area contributed by atoms with E-state index in [1.165, 1.54) is 64.1 Å². The molecule has 0 aliphatic rings. The monoisotopic (exact) mass is 1160 g/mol. The Balaban J connectivity index is 0.647. The molecule has 6 aromatic heterocycles. The lowest BCUT2D eigenvalue weighted by Crippen LogP contribution is -1.94. The first-order valence-electron chi connectivity index (χ1n) is 30.6. The van der Waals surface area contributed by atoms with Gasteiger partial charge in [-0.1, -0.05) is 212 Å². The van der Waals surface area contributed by atoms with E-state index in [2.05, 4.69) is 282 Å². The van der Waals surface area contributed by atoms with Crippen LogP contribution in [0.15, 0.2) is 304 Å². The van der Waals surface area contributed by atoms with Gasteiger partial charge in [0.25, 0.3) is 0 Å². The molecule has 0 saturated carbocycles. The summed E-state index contributed by atoms with van der Waals surface area (Å²) in [6.07, 6.45) is 0. The van der Waals surface area contributed by atoms with E-state index in [1.54, 1.807) is 0 Å². The number of nitrogens with zero attached hydrogens (tertiary/aromatic N) is 2. The summed E-state index contributed by atoms with van der Waals surface area (Å²) in [7, 11) is 0. The molecule has 6 heteroatoms. The van der Waals surface area contributed by atoms with E-state index in [0.717, 1.165) is 132 Å². The third kappa shape index (κ3) is 7.19. The standard InChI is InChI=1S/C84H48N2O3S/c1-6-22-72-59(13-1)63-44-45-65-62-16-4-9-25-75(62)88-82(65)79(63)85(72)56-40-35-51(36-41-56)49-27-29-53(30-28-49)55-39-46-77-69(47-55)66-20-12-21-67(84(66)90-77)70-48-71-60-14-2-7-23-73(60)86(80(71)83-78(70)68-17-5-10-26-76(68)89-83)57-42-37-52(38-43-57)50-31-33-54(34-32-50)58-18-11-19-64-61-15-3-8-24-74(61)87-81(58)64/h1-48H. The van der Waals surface area contributed by atoms with Crippen molar-refractivity contribution in [3.63, 3.8) is 0 Å². The van der Waals surface area contributed by atoms with Gasteiger partial charge in [0.15, 0.2) is 11.2 Å². The van der Waals surface area contributed by atoms with Crippen LogP contribution in [-0.4, -0.2) is 9.13 Å². The van der Waals surface area contributed by atoms with E-state index in [-0.39, 0.29) is 0 Å². The Morgan fingerprint density at radius 1 is 0.244 bits per heavy atom. The highest BCUT2D eigenvalue weighted by atomic mass is 32.1. The molecule has 0 fully saturated rings. The topological polar surface area (TPSA) is 49.3 Å². The summed E-state index contributed by atoms with van der Waals surface area (Å²) in [5.41, 5.74) is 23.6. The molecule has 0 bridgehead atoms. The molecule has 14 aromatic carbocycles. The van der Waals surface area contributed by atoms with Crippen LogP contribution in [0.5, 0.6) is 0 Å². The third-order valence-corrected chi connectivity index (χ3v) is 20.2. The fourth-order valence-corrected chi connectivity index (χ4v) is 16.0. The summed E-state index contributed by atoms with van der Waals surface area (Å²) in [4.78, 5) is 0. The highest BCUT2D eigenvalue weighted by molar-refractivity contribution is 7.26. The molecule has 418 valence electrons. The van der Waals surface area contributed by atoms with Gasteiger partial charge in [-0.2, -0.15) is 0 Å². The molecule has 0 unspecified atom stereocenters. The maximum Gasteiger partial charge on any atom is 0.160 e. The first-order chi connectivity index (χ1) is 44.6. The maximum atomic E-state index is 7.12. The van der Waals surface area contributed by atoms with Gasteiger partial charge in [0.1, 0.15) is 22.3 Å². The molecule has 5 nitrogen and oxygen atoms in total. The number of fused-ring (bicyclic) bond motifs is 20. The first kappa shape index (κ1) is 49.4. The molecule has 0 spiro atoms. The SMILES string of the molecule is c1ccc2c(c1)oc1c(-c3ccc(-c4ccc(-n5c6ccccc6c6cc(-c7cccc8c7sc7ccc(-c9ccc(-c%10ccc(-n%11c%12ccccc%12c%12ccc%13c%14ccccc%14oc%13c%12%11)cc%10)cc9)cc78)c7c8ccccc8oc7c65)cc4)cc3)cccc12. The molecule has 90 heavy (non-hydrogen) atoms. The fraction of sp³-hybridized carbons (Fsp3) is 0. The van der Waals surface area contributed by atoms with Gasteiger partial charge in [0.2, 0.25) is 0 Å². The van der Waals surface area contributed by atoms with Crippen molar-refractivity contribution < 1.29 is 13.3 Å². The van der Waals surface area contributed by atoms with E-state index in [4.69, 9.17) is 13.3 Å². The van der Waals surface area contributed by atoms with Gasteiger partial charge >= 0.3 is 0 Å². The number of para-hydroxylation sites is 6. The molecule has 0 aliphatic carbocycles. The number of hydrogen-bond donors (Lipinski definition) is 0. The Morgan fingerprint density at radius 3 is 1.31 bits per heavy atom. The zero-order valence-electron chi connectivity index (χ0n) is 48.2. The molecular formula is C84H48N2O3S. The Bertz CT molecular complexity index is 6370. The molecule has 0 radical (unpaired) electrons. The highest BCUT2D eigenvalue weighted by Gasteiger charge is 2.25. The van der Waals surface area contributed by atoms with Crippen molar-refractivity contribution in [1.29, 1.82) is 0 Å². The van der Waals surface area contributed by atoms with E-state index in [1.807, 2.05) is 29.5 Å². The lowest BCUT2D eigenvalue weighted by molar-refractivity contribution is 0.670. The summed E-state index contributed by atoms with van der Waals surface area (Å²) in [6.45, 7) is 0. The molecule has 6 heterocycles. The third-order valence-electron chi connectivity index (χ3n) is 19.0. The predicted molar refractivity (Wildman–Crippen MR) is 377 cm³/mol. The van der Waals surface area contributed by atoms with Crippen LogP contribution in [0.2, 0.25) is 0 Å². The van der Waals surface area contributed by atoms with Gasteiger partial charge in [-0.3, -0.25) is 0 Å². The van der Waals surface area contributed by atoms with Gasteiger partial charge in [0.05, 0.1) is 22.1 Å². The van der Waals surface area contributed by atoms with Crippen LogP contribution in [0, 0.1) is 0 Å². The Morgan fingerprint density at radius 2 is 0.678 bits per heavy atom. The van der Waals surface area contributed by atoms with Gasteiger partial charge < -0.3 is 22.4 Å². The van der Waals surface area contributed by atoms with Crippen molar-refractivity contribution in [3.05, 3.63) is 291 Å². The zero-order valence-corrected chi connectivity index (χ0v) is 49.1. The van der Waals surface area contributed by atoms with E-state index < -0.39 is 0 Å². The number of aromatic nitrogens is 2. The van der Waals surface area contributed by atoms with Gasteiger partial charge in [-0.15, -0.1) is 11.3 Å². The van der Waals surface area contributed by atoms with Gasteiger partial charge in [-0.25, -0.2) is 0 Å². The second kappa shape index (κ2) is 18.9. The summed E-state index contributed by atoms with van der Waals surface area (Å²) in [5.74, 6) is 0. The highest BCUT2D eigenvalue weighted by Crippen LogP contribution is 2.50. The molecule has 0 amide bonds. The second-order valence-corrected chi connectivity index (χ2v) is 24.8. The Kier molecular flexibility index (Phi) is 10.4. The zero-order chi connectivity index (χ0) is 58.7. The molecule has 20 rings (SSSR count). The van der Waals surface area contributed by atoms with Crippen molar-refractivity contribution in [2.75, 3.05) is 0 Å². The van der Waals surface area contributed by atoms with E-state index in [0.29, 0.717) is 0 Å². The van der Waals surface area contributed by atoms with Crippen LogP contribution >= 0.6 is 11.3 Å². The van der Waals surface area contributed by atoms with Crippen molar-refractivity contribution in [2.24, 2.45) is 0 Å². The first-order valence-corrected chi connectivity index (χ1v) is 31.4. The van der Waals surface area contributed by atoms with Crippen molar-refractivity contribution in [2.45, 2.75) is 0 Å². The minimum atomic E-state index is 0.870. The van der Waals surface area contributed by atoms with Crippen LogP contribution in [0.3, 0.4) is 0 Å². The average molecular weight is 1170 g/mol. The maximum absolute atomic E-state index is 7.12. The van der Waals surface area contributed by atoms with Crippen molar-refractivity contribution in [3.8, 4) is 67.0 Å². The number of rotatable bonds is 7. The van der Waals surface area contributed by atoms with E-state index in [9.17, 15) is 0 Å². The van der Waals surface area contributed by atoms with Crippen LogP contribution in [0.1, 0.15) is 0 Å². The minimum Gasteiger partial charge on any atom is -0.455 e. The van der Waals surface area contributed by atoms with Crippen LogP contribution in [0.4, 0.5) is 0 Å². The second-order valence-electron chi connectivity index (χ2n) is 23.8. The van der Waals surface area contributed by atoms with Crippen LogP contribution in [-0.2, 0) is 0 Å². The normalized spacial score (nSPS) is 12.2. The summed E-state index contributed by atoms with van der Waals surface area (Å²) in [5, 5.41) is 14.0. The Labute approximate surface area is 518 Å². The minimum absolute atomic E-state index is 0.870. The quantitative estimate of drug-likeness (QED) is 0.160. The molecule has 0 saturated heterocycles. The average Bonchev–Trinajstić information content (AvgIpc) is 1.57. The van der Waals surface area contributed by atoms with Crippen molar-refractivity contribution in [1.82, 2.24) is 9.13 Å². The number of furan rings is 3. The molecule has 0 aliphatic heterocycles. The van der Waals surface area contributed by atoms with E-state index >= 15 is 0 Å². The number of thiophene rings is 1. The van der Waals surface area contributed by atoms with Gasteiger partial charge in [-0.05, 0) is 123 Å². The smallest absolute Gasteiger partial charge is 0.160 e. The van der Waals surface area contributed by atoms with Crippen LogP contribution < -0.4 is 0 Å². The molecule has 0 atom stereocenters. The summed E-state index contributed by atoms with van der Waals surface area (Å²) >= 11 is 1.87. The summed E-state index contributed by atoms with van der Waals surface area (Å²) in [6, 6.07) is 106. The molecular weight excluding hydrogens is 1120 g/mol. The fourth-order valence-electron chi connectivity index (χ4n) is 14.8. The largest absolute Gasteiger partial charge is 0.455 e.